The Morgan fingerprint density at radius 3 is 1.70 bits per heavy atom. The summed E-state index contributed by atoms with van der Waals surface area (Å²) in [5.41, 5.74) is 21.7. The summed E-state index contributed by atoms with van der Waals surface area (Å²) in [5.74, 6) is 0. The average molecular weight is 851 g/mol. The van der Waals surface area contributed by atoms with E-state index in [2.05, 4.69) is 264 Å². The summed E-state index contributed by atoms with van der Waals surface area (Å²) in [6.07, 6.45) is 0. The highest BCUT2D eigenvalue weighted by Crippen LogP contribution is 2.61. The summed E-state index contributed by atoms with van der Waals surface area (Å²) in [5, 5.41) is 4.97. The largest absolute Gasteiger partial charge is 0.309 e. The molecule has 0 amide bonds. The number of anilines is 3. The third-order valence-corrected chi connectivity index (χ3v) is 14.6. The number of para-hydroxylation sites is 5. The molecule has 12 aromatic rings. The van der Waals surface area contributed by atoms with Crippen molar-refractivity contribution < 1.29 is 0 Å². The third kappa shape index (κ3) is 5.39. The first-order valence-electron chi connectivity index (χ1n) is 23.3. The van der Waals surface area contributed by atoms with E-state index in [1.54, 1.807) is 0 Å². The number of aromatic nitrogens is 1. The first-order chi connectivity index (χ1) is 33.3. The highest BCUT2D eigenvalue weighted by molar-refractivity contribution is 6.13. The summed E-state index contributed by atoms with van der Waals surface area (Å²) >= 11 is 0. The van der Waals surface area contributed by atoms with Gasteiger partial charge in [-0.3, -0.25) is 0 Å². The van der Waals surface area contributed by atoms with Crippen LogP contribution in [0.1, 0.15) is 22.3 Å². The van der Waals surface area contributed by atoms with E-state index in [1.807, 2.05) is 0 Å². The molecule has 1 atom stereocenters. The minimum atomic E-state index is -0.523. The molecule has 11 aromatic carbocycles. The SMILES string of the molecule is c1ccc(-c2ccc(-c3ccccc3N(c3ccccc3)c3ccc(-c4ccc5c(c4)C4(c6ccccc6-5)c5ccccc5-n5c6ccccc6c6cccc4c65)c4ccccc34)cc2)cc1. The molecule has 0 bridgehead atoms. The third-order valence-electron chi connectivity index (χ3n) is 14.6. The van der Waals surface area contributed by atoms with E-state index in [9.17, 15) is 0 Å². The zero-order chi connectivity index (χ0) is 44.1. The lowest BCUT2D eigenvalue weighted by molar-refractivity contribution is 0.749. The van der Waals surface area contributed by atoms with E-state index in [1.165, 1.54) is 105 Å². The second-order valence-corrected chi connectivity index (χ2v) is 17.9. The molecule has 0 fully saturated rings. The van der Waals surface area contributed by atoms with Crippen LogP contribution >= 0.6 is 0 Å². The van der Waals surface area contributed by atoms with Gasteiger partial charge in [-0.15, -0.1) is 0 Å². The Morgan fingerprint density at radius 1 is 0.299 bits per heavy atom. The van der Waals surface area contributed by atoms with E-state index in [0.717, 1.165) is 17.1 Å². The lowest BCUT2D eigenvalue weighted by Gasteiger charge is -2.39. The van der Waals surface area contributed by atoms with Crippen molar-refractivity contribution in [2.75, 3.05) is 4.90 Å². The second-order valence-electron chi connectivity index (χ2n) is 17.9. The molecule has 1 aromatic heterocycles. The number of rotatable bonds is 6. The monoisotopic (exact) mass is 850 g/mol. The van der Waals surface area contributed by atoms with Crippen LogP contribution in [-0.4, -0.2) is 4.57 Å². The van der Waals surface area contributed by atoms with Crippen LogP contribution in [0.4, 0.5) is 17.1 Å². The summed E-state index contributed by atoms with van der Waals surface area (Å²) in [4.78, 5) is 2.44. The molecule has 0 N–H and O–H groups in total. The molecule has 1 aliphatic carbocycles. The Labute approximate surface area is 389 Å². The minimum absolute atomic E-state index is 0.523. The standard InChI is InChI=1S/C65H42N2/c1-3-18-43(19-4-1)44-34-36-45(37-35-44)49-22-10-14-31-60(49)66(47-20-5-2-6-21-47)62-41-40-48(50-23-7-8-25-53(50)62)46-38-39-52-51-24-9-12-28-56(51)65(59(52)42-46)57-29-13-16-33-63(57)67-61-32-15-11-26-54(61)55-27-17-30-58(65)64(55)67/h1-42H. The molecule has 2 nitrogen and oxygen atoms in total. The Morgan fingerprint density at radius 2 is 0.866 bits per heavy atom. The van der Waals surface area contributed by atoms with Gasteiger partial charge in [0.25, 0.3) is 0 Å². The molecule has 1 unspecified atom stereocenters. The Bertz CT molecular complexity index is 3920. The fourth-order valence-corrected chi connectivity index (χ4v) is 11.8. The highest BCUT2D eigenvalue weighted by atomic mass is 15.1. The lowest BCUT2D eigenvalue weighted by Crippen LogP contribution is -2.33. The first-order valence-corrected chi connectivity index (χ1v) is 23.3. The Hall–Kier alpha value is -8.72. The Balaban J connectivity index is 0.971. The maximum Gasteiger partial charge on any atom is 0.0754 e. The van der Waals surface area contributed by atoms with Crippen molar-refractivity contribution in [2.45, 2.75) is 5.41 Å². The van der Waals surface area contributed by atoms with E-state index < -0.39 is 5.41 Å². The number of benzene rings is 11. The van der Waals surface area contributed by atoms with Crippen LogP contribution in [0.15, 0.2) is 255 Å². The van der Waals surface area contributed by atoms with Crippen molar-refractivity contribution in [2.24, 2.45) is 0 Å². The normalized spacial score (nSPS) is 14.3. The predicted molar refractivity (Wildman–Crippen MR) is 280 cm³/mol. The molecule has 67 heavy (non-hydrogen) atoms. The van der Waals surface area contributed by atoms with Crippen LogP contribution in [0.3, 0.4) is 0 Å². The number of nitrogens with zero attached hydrogens (tertiary/aromatic N) is 2. The highest BCUT2D eigenvalue weighted by Gasteiger charge is 2.50. The molecule has 1 spiro atoms. The van der Waals surface area contributed by atoms with Gasteiger partial charge in [0.2, 0.25) is 0 Å². The van der Waals surface area contributed by atoms with Gasteiger partial charge >= 0.3 is 0 Å². The predicted octanol–water partition coefficient (Wildman–Crippen LogP) is 17.1. The molecule has 2 heteroatoms. The van der Waals surface area contributed by atoms with Crippen molar-refractivity contribution in [1.29, 1.82) is 0 Å². The molecule has 14 rings (SSSR count). The zero-order valence-electron chi connectivity index (χ0n) is 36.6. The molecule has 1 aliphatic heterocycles. The lowest BCUT2D eigenvalue weighted by atomic mass is 9.65. The quantitative estimate of drug-likeness (QED) is 0.162. The van der Waals surface area contributed by atoms with Gasteiger partial charge in [-0.05, 0) is 109 Å². The van der Waals surface area contributed by atoms with Crippen molar-refractivity contribution in [3.63, 3.8) is 0 Å². The molecule has 0 saturated heterocycles. The molecule has 0 saturated carbocycles. The zero-order valence-corrected chi connectivity index (χ0v) is 36.6. The second kappa shape index (κ2) is 14.7. The maximum absolute atomic E-state index is 2.52. The van der Waals surface area contributed by atoms with Crippen LogP contribution < -0.4 is 4.90 Å². The van der Waals surface area contributed by atoms with Crippen molar-refractivity contribution in [3.8, 4) is 50.2 Å². The van der Waals surface area contributed by atoms with Crippen molar-refractivity contribution in [3.05, 3.63) is 277 Å². The number of hydrogen-bond donors (Lipinski definition) is 0. The maximum atomic E-state index is 2.52. The van der Waals surface area contributed by atoms with Gasteiger partial charge in [-0.1, -0.05) is 212 Å². The first kappa shape index (κ1) is 37.6. The topological polar surface area (TPSA) is 8.17 Å². The summed E-state index contributed by atoms with van der Waals surface area (Å²) in [6.45, 7) is 0. The van der Waals surface area contributed by atoms with Gasteiger partial charge in [-0.2, -0.15) is 0 Å². The molecular weight excluding hydrogens is 809 g/mol. The van der Waals surface area contributed by atoms with Crippen LogP contribution in [0.2, 0.25) is 0 Å². The minimum Gasteiger partial charge on any atom is -0.309 e. The number of hydrogen-bond acceptors (Lipinski definition) is 1. The van der Waals surface area contributed by atoms with Gasteiger partial charge in [0.15, 0.2) is 0 Å². The number of fused-ring (bicyclic) bond motifs is 13. The van der Waals surface area contributed by atoms with Crippen LogP contribution in [0.5, 0.6) is 0 Å². The smallest absolute Gasteiger partial charge is 0.0754 e. The molecular formula is C65H42N2. The van der Waals surface area contributed by atoms with Crippen molar-refractivity contribution >= 4 is 49.6 Å². The fourth-order valence-electron chi connectivity index (χ4n) is 11.8. The van der Waals surface area contributed by atoms with Gasteiger partial charge in [0, 0.05) is 27.4 Å². The van der Waals surface area contributed by atoms with E-state index in [-0.39, 0.29) is 0 Å². The van der Waals surface area contributed by atoms with E-state index >= 15 is 0 Å². The summed E-state index contributed by atoms with van der Waals surface area (Å²) in [7, 11) is 0. The molecule has 312 valence electrons. The van der Waals surface area contributed by atoms with Crippen LogP contribution in [-0.2, 0) is 5.41 Å². The molecule has 2 aliphatic rings. The summed E-state index contributed by atoms with van der Waals surface area (Å²) in [6, 6.07) is 94.3. The average Bonchev–Trinajstić information content (AvgIpc) is 3.90. The molecule has 2 heterocycles. The van der Waals surface area contributed by atoms with Crippen LogP contribution in [0.25, 0.3) is 82.8 Å². The van der Waals surface area contributed by atoms with E-state index in [4.69, 9.17) is 0 Å². The molecule has 0 radical (unpaired) electrons. The van der Waals surface area contributed by atoms with Gasteiger partial charge in [0.1, 0.15) is 0 Å². The van der Waals surface area contributed by atoms with E-state index in [0.29, 0.717) is 0 Å². The van der Waals surface area contributed by atoms with Gasteiger partial charge < -0.3 is 9.47 Å². The Kier molecular flexibility index (Phi) is 8.23. The van der Waals surface area contributed by atoms with Gasteiger partial charge in [0.05, 0.1) is 33.5 Å². The summed E-state index contributed by atoms with van der Waals surface area (Å²) < 4.78 is 2.52. The van der Waals surface area contributed by atoms with Crippen molar-refractivity contribution in [1.82, 2.24) is 4.57 Å². The van der Waals surface area contributed by atoms with Crippen LogP contribution in [0, 0.1) is 0 Å². The van der Waals surface area contributed by atoms with Gasteiger partial charge in [-0.25, -0.2) is 0 Å². The fraction of sp³-hybridized carbons (Fsp3) is 0.0154.